The second kappa shape index (κ2) is 3.77. The Hall–Kier alpha value is 0.240. The number of rotatable bonds is 1. The van der Waals surface area contributed by atoms with Gasteiger partial charge in [0.1, 0.15) is 18.3 Å². The van der Waals surface area contributed by atoms with Crippen LogP contribution in [0.3, 0.4) is 0 Å². The van der Waals surface area contributed by atoms with Gasteiger partial charge in [0, 0.05) is 0 Å². The van der Waals surface area contributed by atoms with Crippen molar-refractivity contribution in [3.05, 3.63) is 0 Å². The van der Waals surface area contributed by atoms with E-state index in [0.29, 0.717) is 0 Å². The van der Waals surface area contributed by atoms with E-state index in [1.807, 2.05) is 0 Å². The fraction of sp³-hybridized carbons (Fsp3) is 1.00. The lowest BCUT2D eigenvalue weighted by molar-refractivity contribution is -0.264. The van der Waals surface area contributed by atoms with Crippen molar-refractivity contribution in [1.82, 2.24) is 0 Å². The zero-order valence-electron chi connectivity index (χ0n) is 6.67. The SMILES string of the molecule is N[C@@H]1[C@@H](O)[C@H](O)[C@@H](CO)OC1(O)Br. The Bertz CT molecular complexity index is 188. The summed E-state index contributed by atoms with van der Waals surface area (Å²) in [5.74, 6) is 0. The van der Waals surface area contributed by atoms with Crippen molar-refractivity contribution in [2.75, 3.05) is 6.61 Å². The minimum Gasteiger partial charge on any atom is -0.394 e. The van der Waals surface area contributed by atoms with E-state index in [1.54, 1.807) is 0 Å². The highest BCUT2D eigenvalue weighted by molar-refractivity contribution is 9.10. The summed E-state index contributed by atoms with van der Waals surface area (Å²) < 4.78 is 2.89. The van der Waals surface area contributed by atoms with Crippen molar-refractivity contribution in [3.63, 3.8) is 0 Å². The minimum atomic E-state index is -1.92. The molecule has 1 rings (SSSR count). The lowest BCUT2D eigenvalue weighted by Crippen LogP contribution is -2.65. The Morgan fingerprint density at radius 1 is 1.38 bits per heavy atom. The summed E-state index contributed by atoms with van der Waals surface area (Å²) in [6, 6.07) is -1.18. The molecule has 0 saturated carbocycles. The van der Waals surface area contributed by atoms with E-state index in [2.05, 4.69) is 15.9 Å². The van der Waals surface area contributed by atoms with Crippen LogP contribution in [0.25, 0.3) is 0 Å². The van der Waals surface area contributed by atoms with Gasteiger partial charge in [0.05, 0.1) is 12.6 Å². The normalized spacial score (nSPS) is 52.2. The smallest absolute Gasteiger partial charge is 0.242 e. The first kappa shape index (κ1) is 11.3. The van der Waals surface area contributed by atoms with E-state index in [1.165, 1.54) is 0 Å². The zero-order valence-corrected chi connectivity index (χ0v) is 8.25. The molecule has 1 unspecified atom stereocenters. The van der Waals surface area contributed by atoms with Crippen LogP contribution in [0.4, 0.5) is 0 Å². The highest BCUT2D eigenvalue weighted by Gasteiger charge is 2.50. The molecule has 78 valence electrons. The van der Waals surface area contributed by atoms with Crippen LogP contribution in [0.5, 0.6) is 0 Å². The van der Waals surface area contributed by atoms with Gasteiger partial charge in [0.15, 0.2) is 0 Å². The maximum Gasteiger partial charge on any atom is 0.242 e. The summed E-state index contributed by atoms with van der Waals surface area (Å²) in [7, 11) is 0. The maximum absolute atomic E-state index is 9.42. The van der Waals surface area contributed by atoms with Crippen LogP contribution >= 0.6 is 15.9 Å². The summed E-state index contributed by atoms with van der Waals surface area (Å²) in [6.07, 6.45) is -3.72. The Morgan fingerprint density at radius 3 is 2.38 bits per heavy atom. The standard InChI is InChI=1S/C6H12BrNO5/c7-6(12)5(8)4(11)3(10)2(1-9)13-6/h2-5,9-12H,1,8H2/t2-,3-,4+,5-,6?/m1/s1. The number of hydrogen-bond donors (Lipinski definition) is 5. The molecule has 6 nitrogen and oxygen atoms in total. The number of aliphatic hydroxyl groups is 4. The number of hydrogen-bond acceptors (Lipinski definition) is 6. The molecule has 5 atom stereocenters. The molecule has 0 aliphatic carbocycles. The predicted molar refractivity (Wildman–Crippen MR) is 45.8 cm³/mol. The minimum absolute atomic E-state index is 0.515. The van der Waals surface area contributed by atoms with Gasteiger partial charge in [-0.05, 0) is 15.9 Å². The molecule has 0 bridgehead atoms. The van der Waals surface area contributed by atoms with E-state index in [-0.39, 0.29) is 0 Å². The summed E-state index contributed by atoms with van der Waals surface area (Å²) >= 11 is 2.73. The van der Waals surface area contributed by atoms with E-state index >= 15 is 0 Å². The topological polar surface area (TPSA) is 116 Å². The highest BCUT2D eigenvalue weighted by atomic mass is 79.9. The van der Waals surface area contributed by atoms with Crippen molar-refractivity contribution in [2.45, 2.75) is 29.1 Å². The van der Waals surface area contributed by atoms with Crippen LogP contribution in [-0.4, -0.2) is 56.1 Å². The Kier molecular flexibility index (Phi) is 3.29. The molecule has 0 radical (unpaired) electrons. The second-order valence-electron chi connectivity index (χ2n) is 2.95. The Labute approximate surface area is 83.1 Å². The van der Waals surface area contributed by atoms with Gasteiger partial charge in [-0.25, -0.2) is 0 Å². The Balaban J connectivity index is 2.79. The lowest BCUT2D eigenvalue weighted by Gasteiger charge is -2.42. The number of nitrogens with two attached hydrogens (primary N) is 1. The average Bonchev–Trinajstić information content (AvgIpc) is 2.08. The average molecular weight is 258 g/mol. The molecular weight excluding hydrogens is 246 g/mol. The van der Waals surface area contributed by atoms with Crippen molar-refractivity contribution < 1.29 is 25.2 Å². The molecule has 1 heterocycles. The molecule has 0 aromatic carbocycles. The van der Waals surface area contributed by atoms with Gasteiger partial charge in [-0.2, -0.15) is 0 Å². The van der Waals surface area contributed by atoms with E-state index in [4.69, 9.17) is 15.6 Å². The number of alkyl halides is 1. The van der Waals surface area contributed by atoms with Crippen LogP contribution in [0.1, 0.15) is 0 Å². The first-order valence-corrected chi connectivity index (χ1v) is 4.51. The van der Waals surface area contributed by atoms with Gasteiger partial charge < -0.3 is 30.9 Å². The van der Waals surface area contributed by atoms with Gasteiger partial charge in [-0.3, -0.25) is 0 Å². The monoisotopic (exact) mass is 257 g/mol. The van der Waals surface area contributed by atoms with Crippen LogP contribution in [-0.2, 0) is 4.74 Å². The summed E-state index contributed by atoms with van der Waals surface area (Å²) in [6.45, 7) is -0.515. The molecule has 6 N–H and O–H groups in total. The molecule has 0 aromatic rings. The number of ether oxygens (including phenoxy) is 1. The molecule has 0 spiro atoms. The molecule has 1 aliphatic heterocycles. The third-order valence-electron chi connectivity index (χ3n) is 2.01. The summed E-state index contributed by atoms with van der Waals surface area (Å²) in [5.41, 5.74) is 5.35. The lowest BCUT2D eigenvalue weighted by atomic mass is 9.98. The largest absolute Gasteiger partial charge is 0.394 e. The van der Waals surface area contributed by atoms with Crippen LogP contribution in [0.2, 0.25) is 0 Å². The maximum atomic E-state index is 9.42. The fourth-order valence-electron chi connectivity index (χ4n) is 1.15. The predicted octanol–water partition coefficient (Wildman–Crippen LogP) is -2.53. The molecule has 1 aliphatic rings. The number of halogens is 1. The van der Waals surface area contributed by atoms with Crippen LogP contribution in [0, 0.1) is 0 Å². The summed E-state index contributed by atoms with van der Waals surface area (Å²) in [5, 5.41) is 36.8. The third-order valence-corrected chi connectivity index (χ3v) is 2.72. The first-order chi connectivity index (χ1) is 5.90. The second-order valence-corrected chi connectivity index (χ2v) is 4.09. The van der Waals surface area contributed by atoms with Gasteiger partial charge in [-0.1, -0.05) is 0 Å². The molecule has 0 amide bonds. The molecule has 7 heteroatoms. The third kappa shape index (κ3) is 2.01. The van der Waals surface area contributed by atoms with Crippen molar-refractivity contribution >= 4 is 15.9 Å². The quantitative estimate of drug-likeness (QED) is 0.331. The number of aliphatic hydroxyl groups excluding tert-OH is 3. The summed E-state index contributed by atoms with van der Waals surface area (Å²) in [4.78, 5) is 0. The van der Waals surface area contributed by atoms with E-state index < -0.39 is 35.7 Å². The molecule has 13 heavy (non-hydrogen) atoms. The Morgan fingerprint density at radius 2 is 1.92 bits per heavy atom. The molecule has 0 aromatic heterocycles. The van der Waals surface area contributed by atoms with Crippen LogP contribution < -0.4 is 5.73 Å². The van der Waals surface area contributed by atoms with Crippen molar-refractivity contribution in [1.29, 1.82) is 0 Å². The van der Waals surface area contributed by atoms with E-state index in [0.717, 1.165) is 0 Å². The van der Waals surface area contributed by atoms with Gasteiger partial charge in [0.2, 0.25) is 4.70 Å². The molecular formula is C6H12BrNO5. The highest BCUT2D eigenvalue weighted by Crippen LogP contribution is 2.31. The van der Waals surface area contributed by atoms with E-state index in [9.17, 15) is 15.3 Å². The van der Waals surface area contributed by atoms with Gasteiger partial charge in [0.25, 0.3) is 0 Å². The molecule has 1 saturated heterocycles. The van der Waals surface area contributed by atoms with Crippen LogP contribution in [0.15, 0.2) is 0 Å². The first-order valence-electron chi connectivity index (χ1n) is 3.72. The zero-order chi connectivity index (χ0) is 10.2. The molecule has 1 fully saturated rings. The van der Waals surface area contributed by atoms with Gasteiger partial charge in [-0.15, -0.1) is 0 Å². The van der Waals surface area contributed by atoms with Crippen molar-refractivity contribution in [3.8, 4) is 0 Å². The van der Waals surface area contributed by atoms with Gasteiger partial charge >= 0.3 is 0 Å². The fourth-order valence-corrected chi connectivity index (χ4v) is 1.66. The van der Waals surface area contributed by atoms with Crippen molar-refractivity contribution in [2.24, 2.45) is 5.73 Å².